The molecule has 0 N–H and O–H groups in total. The Morgan fingerprint density at radius 3 is 1.59 bits per heavy atom. The number of para-hydroxylation sites is 1. The van der Waals surface area contributed by atoms with Crippen molar-refractivity contribution in [2.75, 3.05) is 0 Å². The van der Waals surface area contributed by atoms with Gasteiger partial charge in [-0.3, -0.25) is 0 Å². The molecule has 0 aliphatic heterocycles. The molecule has 3 heterocycles. The van der Waals surface area contributed by atoms with Crippen LogP contribution in [0.2, 0.25) is 0 Å². The van der Waals surface area contributed by atoms with Gasteiger partial charge in [0.2, 0.25) is 0 Å². The molecule has 0 atom stereocenters. The Kier molecular flexibility index (Phi) is 10.1. The number of fused-ring (bicyclic) bond motifs is 11. The average Bonchev–Trinajstić information content (AvgIpc) is 3.81. The van der Waals surface area contributed by atoms with Gasteiger partial charge >= 0.3 is 0 Å². The van der Waals surface area contributed by atoms with E-state index in [0.29, 0.717) is 17.5 Å². The van der Waals surface area contributed by atoms with Gasteiger partial charge in [0.05, 0.1) is 16.4 Å². The molecule has 68 heavy (non-hydrogen) atoms. The predicted octanol–water partition coefficient (Wildman–Crippen LogP) is 16.7. The van der Waals surface area contributed by atoms with Crippen molar-refractivity contribution in [2.24, 2.45) is 0 Å². The summed E-state index contributed by atoms with van der Waals surface area (Å²) in [5, 5.41) is 8.85. The highest BCUT2D eigenvalue weighted by Gasteiger charge is 2.19. The molecule has 0 amide bonds. The van der Waals surface area contributed by atoms with E-state index < -0.39 is 0 Å². The van der Waals surface area contributed by atoms with Gasteiger partial charge in [-0.15, -0.1) is 0 Å². The maximum absolute atomic E-state index is 6.66. The molecule has 5 heteroatoms. The smallest absolute Gasteiger partial charge is 0.164 e. The zero-order valence-corrected chi connectivity index (χ0v) is 37.1. The van der Waals surface area contributed by atoms with Crippen molar-refractivity contribution < 1.29 is 4.42 Å². The van der Waals surface area contributed by atoms with Crippen molar-refractivity contribution in [1.82, 2.24) is 19.5 Å². The molecular weight excluding hydrogens is 829 g/mol. The van der Waals surface area contributed by atoms with Crippen LogP contribution >= 0.6 is 0 Å². The fourth-order valence-electron chi connectivity index (χ4n) is 9.66. The molecule has 0 radical (unpaired) electrons. The number of benzene rings is 9. The fraction of sp³-hybridized carbons (Fsp3) is 0. The van der Waals surface area contributed by atoms with Crippen LogP contribution in [-0.2, 0) is 0 Å². The van der Waals surface area contributed by atoms with Gasteiger partial charge in [0.25, 0.3) is 0 Å². The molecule has 0 fully saturated rings. The molecule has 3 aromatic heterocycles. The van der Waals surface area contributed by atoms with Gasteiger partial charge in [-0.2, -0.15) is 0 Å². The molecular formula is C63H42N4O. The Morgan fingerprint density at radius 2 is 0.956 bits per heavy atom. The minimum atomic E-state index is 0.611. The second-order valence-electron chi connectivity index (χ2n) is 16.8. The van der Waals surface area contributed by atoms with Gasteiger partial charge in [-0.25, -0.2) is 15.0 Å². The van der Waals surface area contributed by atoms with Gasteiger partial charge in [0.15, 0.2) is 17.5 Å². The molecule has 9 aromatic carbocycles. The maximum Gasteiger partial charge on any atom is 0.164 e. The van der Waals surface area contributed by atoms with E-state index in [1.54, 1.807) is 0 Å². The van der Waals surface area contributed by atoms with E-state index in [1.807, 2.05) is 85.0 Å². The number of allylic oxidation sites excluding steroid dienone is 4. The van der Waals surface area contributed by atoms with Crippen LogP contribution in [0.5, 0.6) is 0 Å². The maximum atomic E-state index is 6.66. The third-order valence-electron chi connectivity index (χ3n) is 12.8. The van der Waals surface area contributed by atoms with Gasteiger partial charge in [-0.05, 0) is 92.3 Å². The molecule has 0 saturated carbocycles. The molecule has 0 aliphatic rings. The number of hydrogen-bond acceptors (Lipinski definition) is 4. The first-order chi connectivity index (χ1) is 33.6. The summed E-state index contributed by atoms with van der Waals surface area (Å²) in [6, 6.07) is 74.5. The Hall–Kier alpha value is -9.19. The Bertz CT molecular complexity index is 3990. The highest BCUT2D eigenvalue weighted by atomic mass is 16.3. The highest BCUT2D eigenvalue weighted by Crippen LogP contribution is 2.41. The zero-order chi connectivity index (χ0) is 45.6. The molecule has 12 rings (SSSR count). The van der Waals surface area contributed by atoms with E-state index in [0.717, 1.165) is 110 Å². The molecule has 0 aliphatic carbocycles. The number of hydrogen-bond donors (Lipinski definition) is 0. The summed E-state index contributed by atoms with van der Waals surface area (Å²) >= 11 is 0. The molecule has 0 spiro atoms. The number of nitrogens with zero attached hydrogens (tertiary/aromatic N) is 4. The first-order valence-corrected chi connectivity index (χ1v) is 22.7. The summed E-state index contributed by atoms with van der Waals surface area (Å²) in [6.07, 6.45) is 5.72. The lowest BCUT2D eigenvalue weighted by atomic mass is 9.98. The Morgan fingerprint density at radius 1 is 0.412 bits per heavy atom. The van der Waals surface area contributed by atoms with Crippen molar-refractivity contribution in [1.29, 1.82) is 0 Å². The first-order valence-electron chi connectivity index (χ1n) is 22.7. The largest absolute Gasteiger partial charge is 0.456 e. The van der Waals surface area contributed by atoms with Crippen molar-refractivity contribution >= 4 is 70.9 Å². The van der Waals surface area contributed by atoms with Crippen LogP contribution in [0.15, 0.2) is 248 Å². The molecule has 12 aromatic rings. The fourth-order valence-corrected chi connectivity index (χ4v) is 9.66. The minimum Gasteiger partial charge on any atom is -0.456 e. The summed E-state index contributed by atoms with van der Waals surface area (Å²) in [4.78, 5) is 15.0. The monoisotopic (exact) mass is 870 g/mol. The summed E-state index contributed by atoms with van der Waals surface area (Å²) in [6.45, 7) is 8.20. The highest BCUT2D eigenvalue weighted by molar-refractivity contribution is 6.26. The van der Waals surface area contributed by atoms with Crippen LogP contribution < -0.4 is 0 Å². The minimum absolute atomic E-state index is 0.611. The van der Waals surface area contributed by atoms with Crippen LogP contribution in [0.4, 0.5) is 0 Å². The molecule has 0 bridgehead atoms. The summed E-state index contributed by atoms with van der Waals surface area (Å²) in [5.41, 5.74) is 11.6. The van der Waals surface area contributed by atoms with E-state index in [1.165, 1.54) is 0 Å². The summed E-state index contributed by atoms with van der Waals surface area (Å²) in [5.74, 6) is 1.87. The van der Waals surface area contributed by atoms with Crippen molar-refractivity contribution in [3.63, 3.8) is 0 Å². The molecule has 320 valence electrons. The van der Waals surface area contributed by atoms with Crippen molar-refractivity contribution in [3.8, 4) is 51.0 Å². The third-order valence-corrected chi connectivity index (χ3v) is 12.8. The van der Waals surface area contributed by atoms with Gasteiger partial charge in [0.1, 0.15) is 11.2 Å². The van der Waals surface area contributed by atoms with E-state index >= 15 is 0 Å². The zero-order valence-electron chi connectivity index (χ0n) is 37.1. The van der Waals surface area contributed by atoms with Crippen LogP contribution in [-0.4, -0.2) is 19.5 Å². The van der Waals surface area contributed by atoms with Gasteiger partial charge in [0, 0.05) is 38.5 Å². The van der Waals surface area contributed by atoms with E-state index in [2.05, 4.69) is 163 Å². The second-order valence-corrected chi connectivity index (χ2v) is 16.8. The van der Waals surface area contributed by atoms with Crippen LogP contribution in [0, 0.1) is 0 Å². The third kappa shape index (κ3) is 7.02. The van der Waals surface area contributed by atoms with E-state index in [-0.39, 0.29) is 0 Å². The Labute approximate surface area is 393 Å². The summed E-state index contributed by atoms with van der Waals surface area (Å²) < 4.78 is 9.09. The summed E-state index contributed by atoms with van der Waals surface area (Å²) in [7, 11) is 0. The number of furan rings is 1. The van der Waals surface area contributed by atoms with Crippen LogP contribution in [0.3, 0.4) is 0 Å². The second kappa shape index (κ2) is 17.0. The molecule has 5 nitrogen and oxygen atoms in total. The van der Waals surface area contributed by atoms with Crippen molar-refractivity contribution in [2.45, 2.75) is 0 Å². The van der Waals surface area contributed by atoms with Crippen molar-refractivity contribution in [3.05, 3.63) is 249 Å². The first kappa shape index (κ1) is 40.3. The standard InChI is InChI=1S/C63H42N4O/c1-3-18-41(4-2)46-33-37-56-55(40-46)52-28-14-12-26-50(52)49-25-11-13-27-51(49)53-36-38-58-59(54-29-15-16-30-57(54)68-58)60(53)67(56)48-34-31-42(32-35-48)45-23-17-24-47(39-45)63-65-61(43-19-7-5-8-20-43)64-62(66-63)44-21-9-6-10-22-44/h3-40H,1-2H2/b41-18+. The quantitative estimate of drug-likeness (QED) is 0.143. The lowest BCUT2D eigenvalue weighted by molar-refractivity contribution is 0.669. The van der Waals surface area contributed by atoms with Gasteiger partial charge < -0.3 is 8.98 Å². The van der Waals surface area contributed by atoms with E-state index in [9.17, 15) is 0 Å². The van der Waals surface area contributed by atoms with Crippen LogP contribution in [0.1, 0.15) is 5.56 Å². The molecule has 0 unspecified atom stereocenters. The normalized spacial score (nSPS) is 11.7. The average molecular weight is 871 g/mol. The van der Waals surface area contributed by atoms with Gasteiger partial charge in [-0.1, -0.05) is 195 Å². The van der Waals surface area contributed by atoms with E-state index in [4.69, 9.17) is 19.4 Å². The Balaban J connectivity index is 1.13. The SMILES string of the molecule is C=C/C=C(\C=C)c1ccc2c(c1)c1ccccc1c1ccccc1c1ccc3oc4ccccc4c3c1n2-c1ccc(-c2cccc(-c3nc(-c4ccccc4)nc(-c4ccccc4)n3)c2)cc1. The number of aromatic nitrogens is 4. The molecule has 0 saturated heterocycles. The van der Waals surface area contributed by atoms with Crippen LogP contribution in [0.25, 0.3) is 122 Å². The lowest BCUT2D eigenvalue weighted by Gasteiger charge is -2.16. The lowest BCUT2D eigenvalue weighted by Crippen LogP contribution is -2.00. The predicted molar refractivity (Wildman–Crippen MR) is 284 cm³/mol. The topological polar surface area (TPSA) is 56.7 Å². The number of rotatable bonds is 8.